The molecule has 0 aliphatic rings. The van der Waals surface area contributed by atoms with Crippen molar-refractivity contribution >= 4 is 50.2 Å². The Labute approximate surface area is 249 Å². The van der Waals surface area contributed by atoms with E-state index in [1.807, 2.05) is 12.1 Å². The van der Waals surface area contributed by atoms with Crippen molar-refractivity contribution in [2.75, 3.05) is 6.61 Å². The maximum absolute atomic E-state index is 13.5. The van der Waals surface area contributed by atoms with E-state index in [0.29, 0.717) is 5.75 Å². The van der Waals surface area contributed by atoms with Crippen LogP contribution in [0, 0.1) is 0 Å². The third-order valence-corrected chi connectivity index (χ3v) is 8.10. The molecule has 0 unspecified atom stereocenters. The third-order valence-electron chi connectivity index (χ3n) is 4.27. The van der Waals surface area contributed by atoms with Gasteiger partial charge in [-0.15, -0.1) is 0 Å². The number of ether oxygens (including phenoxy) is 3. The summed E-state index contributed by atoms with van der Waals surface area (Å²) in [5, 5.41) is -5.85. The van der Waals surface area contributed by atoms with Crippen LogP contribution in [0.3, 0.4) is 0 Å². The molecular weight excluding hydrogens is 663 g/mol. The van der Waals surface area contributed by atoms with Crippen LogP contribution in [0.2, 0.25) is 0 Å². The molecule has 204 valence electrons. The van der Waals surface area contributed by atoms with Gasteiger partial charge in [0.2, 0.25) is 0 Å². The maximum atomic E-state index is 13.5. The van der Waals surface area contributed by atoms with Crippen molar-refractivity contribution in [3.63, 3.8) is 0 Å². The summed E-state index contributed by atoms with van der Waals surface area (Å²) in [4.78, 5) is 23.5. The van der Waals surface area contributed by atoms with Crippen molar-refractivity contribution < 1.29 is 83.9 Å². The first kappa shape index (κ1) is 34.6. The summed E-state index contributed by atoms with van der Waals surface area (Å²) in [7, 11) is -6.62. The van der Waals surface area contributed by atoms with Crippen LogP contribution in [-0.4, -0.2) is 69.2 Å². The van der Waals surface area contributed by atoms with Gasteiger partial charge in [-0.3, -0.25) is 0 Å². The summed E-state index contributed by atoms with van der Waals surface area (Å²) in [5.74, 6) is -6.57. The van der Waals surface area contributed by atoms with Crippen LogP contribution in [0.5, 0.6) is 11.5 Å². The molecule has 0 saturated heterocycles. The first-order chi connectivity index (χ1) is 16.9. The first-order valence-electron chi connectivity index (χ1n) is 10.5. The van der Waals surface area contributed by atoms with E-state index in [4.69, 9.17) is 14.2 Å². The number of alkyl halides is 4. The number of hydrogen-bond acceptors (Lipinski definition) is 8. The number of halogens is 4. The molecule has 0 fully saturated rings. The Morgan fingerprint density at radius 1 is 0.868 bits per heavy atom. The van der Waals surface area contributed by atoms with Gasteiger partial charge in [0.25, 0.3) is 0 Å². The van der Waals surface area contributed by atoms with Crippen molar-refractivity contribution in [3.8, 4) is 11.5 Å². The van der Waals surface area contributed by atoms with E-state index in [9.17, 15) is 40.1 Å². The van der Waals surface area contributed by atoms with Crippen LogP contribution >= 0.6 is 0 Å². The van der Waals surface area contributed by atoms with Crippen molar-refractivity contribution in [1.29, 1.82) is 0 Å². The van der Waals surface area contributed by atoms with Gasteiger partial charge in [-0.1, -0.05) is 0 Å². The zero-order chi connectivity index (χ0) is 28.1. The van der Waals surface area contributed by atoms with Crippen LogP contribution < -0.4 is 46.3 Å². The quantitative estimate of drug-likeness (QED) is 0.102. The van der Waals surface area contributed by atoms with Crippen LogP contribution in [-0.2, 0) is 24.4 Å². The molecule has 0 atom stereocenters. The third kappa shape index (κ3) is 10.6. The Kier molecular flexibility index (Phi) is 12.6. The number of rotatable bonds is 11. The molecule has 0 aliphatic carbocycles. The molecule has 0 saturated carbocycles. The van der Waals surface area contributed by atoms with Gasteiger partial charge < -0.3 is 0 Å². The Hall–Kier alpha value is -1.40. The van der Waals surface area contributed by atoms with Gasteiger partial charge in [0.15, 0.2) is 0 Å². The number of esters is 2. The van der Waals surface area contributed by atoms with Crippen molar-refractivity contribution in [2.45, 2.75) is 50.4 Å². The van der Waals surface area contributed by atoms with Crippen LogP contribution in [0.4, 0.5) is 17.6 Å². The number of benzene rings is 2. The summed E-state index contributed by atoms with van der Waals surface area (Å²) in [6.45, 7) is 5.02. The van der Waals surface area contributed by atoms with Crippen molar-refractivity contribution in [1.82, 2.24) is 0 Å². The van der Waals surface area contributed by atoms with Gasteiger partial charge in [0.05, 0.1) is 0 Å². The molecule has 0 aromatic heterocycles. The Balaban J connectivity index is 0.00000722. The molecule has 15 heteroatoms. The SMILES string of the molecule is CC(C)(C)OC(=O)COc1ccc([Te]c2ccc(OC(=O)CCC(F)(F)C(F)(F)S(=O)(=O)[O-])cc2)cc1.[Na+]. The van der Waals surface area contributed by atoms with Gasteiger partial charge >= 0.3 is 251 Å². The maximum Gasteiger partial charge on any atom is 1.00 e. The monoisotopic (exact) mass is 688 g/mol. The topological polar surface area (TPSA) is 119 Å². The number of carbonyl (C=O) groups excluding carboxylic acids is 2. The van der Waals surface area contributed by atoms with Crippen LogP contribution in [0.1, 0.15) is 33.6 Å². The predicted octanol–water partition coefficient (Wildman–Crippen LogP) is -0.475. The molecule has 0 radical (unpaired) electrons. The number of carbonyl (C=O) groups is 2. The summed E-state index contributed by atoms with van der Waals surface area (Å²) in [6.07, 6.45) is -3.13. The average molecular weight is 686 g/mol. The molecule has 2 aromatic carbocycles. The smallest absolute Gasteiger partial charge is 1.00 e. The van der Waals surface area contributed by atoms with E-state index in [1.165, 1.54) is 12.1 Å². The van der Waals surface area contributed by atoms with Crippen LogP contribution in [0.15, 0.2) is 48.5 Å². The second-order valence-electron chi connectivity index (χ2n) is 8.57. The van der Waals surface area contributed by atoms with Gasteiger partial charge in [0, 0.05) is 0 Å². The first-order valence-corrected chi connectivity index (χ1v) is 14.3. The second kappa shape index (κ2) is 13.8. The Morgan fingerprint density at radius 3 is 1.79 bits per heavy atom. The Bertz CT molecular complexity index is 1200. The fourth-order valence-electron chi connectivity index (χ4n) is 2.60. The molecule has 0 amide bonds. The van der Waals surface area contributed by atoms with Gasteiger partial charge in [-0.25, -0.2) is 0 Å². The fraction of sp³-hybridized carbons (Fsp3) is 0.391. The van der Waals surface area contributed by atoms with Crippen molar-refractivity contribution in [3.05, 3.63) is 48.5 Å². The minimum absolute atomic E-state index is 0. The number of hydrogen-bond donors (Lipinski definition) is 0. The van der Waals surface area contributed by atoms with E-state index >= 15 is 0 Å². The molecule has 0 spiro atoms. The molecule has 0 N–H and O–H groups in total. The van der Waals surface area contributed by atoms with Gasteiger partial charge in [0.1, 0.15) is 0 Å². The van der Waals surface area contributed by atoms with Crippen molar-refractivity contribution in [2.24, 2.45) is 0 Å². The molecule has 0 aliphatic heterocycles. The zero-order valence-corrected chi connectivity index (χ0v) is 26.0. The fourth-order valence-corrected chi connectivity index (χ4v) is 5.40. The minimum atomic E-state index is -6.62. The summed E-state index contributed by atoms with van der Waals surface area (Å²) < 4.78 is 102. The molecule has 0 bridgehead atoms. The average Bonchev–Trinajstić information content (AvgIpc) is 2.76. The van der Waals surface area contributed by atoms with E-state index in [-0.39, 0.29) is 41.9 Å². The normalized spacial score (nSPS) is 12.3. The molecule has 8 nitrogen and oxygen atoms in total. The predicted molar refractivity (Wildman–Crippen MR) is 124 cm³/mol. The molecule has 0 heterocycles. The summed E-state index contributed by atoms with van der Waals surface area (Å²) in [5.41, 5.74) is -0.612. The Morgan fingerprint density at radius 2 is 1.34 bits per heavy atom. The summed E-state index contributed by atoms with van der Waals surface area (Å²) >= 11 is -0.869. The van der Waals surface area contributed by atoms with E-state index < -0.39 is 72.6 Å². The molecule has 2 rings (SSSR count). The summed E-state index contributed by atoms with van der Waals surface area (Å²) in [6, 6.07) is 13.2. The van der Waals surface area contributed by atoms with Gasteiger partial charge in [-0.05, 0) is 0 Å². The van der Waals surface area contributed by atoms with E-state index in [0.717, 1.165) is 7.22 Å². The molecule has 2 aromatic rings. The zero-order valence-electron chi connectivity index (χ0n) is 20.8. The standard InChI is InChI=1S/C23H24F4O8STe.Na/c1-21(2,3)35-20(29)14-33-15-4-8-17(9-5-15)37-18-10-6-16(7-11-18)34-19(28)12-13-22(24,25)23(26,27)36(30,31)32;/h4-11H,12-14H2,1-3H3,(H,30,31,32);/q;+1/p-1. The van der Waals surface area contributed by atoms with E-state index in [1.54, 1.807) is 45.0 Å². The minimum Gasteiger partial charge on any atom is 1.00 e. The van der Waals surface area contributed by atoms with Crippen LogP contribution in [0.25, 0.3) is 0 Å². The largest absolute Gasteiger partial charge is 1.00 e. The van der Waals surface area contributed by atoms with Gasteiger partial charge in [-0.2, -0.15) is 0 Å². The second-order valence-corrected chi connectivity index (χ2v) is 13.3. The van der Waals surface area contributed by atoms with E-state index in [2.05, 4.69) is 0 Å². The molecule has 38 heavy (non-hydrogen) atoms. The molecular formula is C23H23F4NaO8STe.